The number of carbonyl (C=O) groups is 1. The maximum absolute atomic E-state index is 12.7. The number of aromatic hydroxyl groups is 2. The molecule has 10 nitrogen and oxygen atoms in total. The summed E-state index contributed by atoms with van der Waals surface area (Å²) in [7, 11) is 5.15. The average Bonchev–Trinajstić information content (AvgIpc) is 3.35. The molecule has 0 unspecified atom stereocenters. The molecule has 0 spiro atoms. The number of pyridine rings is 1. The fourth-order valence-corrected chi connectivity index (χ4v) is 4.94. The molecule has 1 fully saturated rings. The Balaban J connectivity index is 1.68. The highest BCUT2D eigenvalue weighted by Gasteiger charge is 2.29. The molecule has 3 heterocycles. The molecule has 0 amide bonds. The number of hydrogen-bond acceptors (Lipinski definition) is 10. The van der Waals surface area contributed by atoms with Gasteiger partial charge >= 0.3 is 0 Å². The van der Waals surface area contributed by atoms with E-state index in [4.69, 9.17) is 13.9 Å². The van der Waals surface area contributed by atoms with Gasteiger partial charge in [-0.25, -0.2) is 4.98 Å². The van der Waals surface area contributed by atoms with Crippen molar-refractivity contribution >= 4 is 5.78 Å². The van der Waals surface area contributed by atoms with Crippen LogP contribution in [0.25, 0.3) is 22.6 Å². The van der Waals surface area contributed by atoms with E-state index in [2.05, 4.69) is 27.1 Å². The van der Waals surface area contributed by atoms with Crippen LogP contribution in [-0.4, -0.2) is 70.4 Å². The minimum absolute atomic E-state index is 0.00391. The van der Waals surface area contributed by atoms with Crippen LogP contribution in [0, 0.1) is 5.92 Å². The number of unbranched alkanes of at least 4 members (excludes halogenated alkanes) is 1. The Morgan fingerprint density at radius 2 is 1.76 bits per heavy atom. The van der Waals surface area contributed by atoms with Gasteiger partial charge in [-0.3, -0.25) is 4.79 Å². The van der Waals surface area contributed by atoms with Crippen LogP contribution in [0.5, 0.6) is 23.1 Å². The van der Waals surface area contributed by atoms with Gasteiger partial charge < -0.3 is 29.0 Å². The predicted octanol–water partition coefficient (Wildman–Crippen LogP) is 4.41. The van der Waals surface area contributed by atoms with Gasteiger partial charge in [0.1, 0.15) is 28.6 Å². The Hall–Kier alpha value is -3.66. The first-order valence-electron chi connectivity index (χ1n) is 13.0. The van der Waals surface area contributed by atoms with Crippen LogP contribution in [0.15, 0.2) is 22.6 Å². The van der Waals surface area contributed by atoms with E-state index in [1.807, 2.05) is 6.92 Å². The van der Waals surface area contributed by atoms with Crippen molar-refractivity contribution in [2.24, 2.45) is 5.92 Å². The summed E-state index contributed by atoms with van der Waals surface area (Å²) in [5.74, 6) is 0.625. The van der Waals surface area contributed by atoms with Crippen molar-refractivity contribution in [1.29, 1.82) is 0 Å². The third-order valence-corrected chi connectivity index (χ3v) is 7.06. The van der Waals surface area contributed by atoms with Gasteiger partial charge in [0, 0.05) is 6.42 Å². The number of methoxy groups -OCH3 is 2. The molecular weight excluding hydrogens is 488 g/mol. The number of ether oxygens (including phenoxy) is 2. The van der Waals surface area contributed by atoms with Crippen molar-refractivity contribution < 1.29 is 28.9 Å². The fourth-order valence-electron chi connectivity index (χ4n) is 4.94. The van der Waals surface area contributed by atoms with Crippen molar-refractivity contribution in [3.63, 3.8) is 0 Å². The Labute approximate surface area is 222 Å². The number of Topliss-reactive ketones (excluding diaryl/α,β-unsaturated/α-hetero) is 1. The average molecular weight is 525 g/mol. The van der Waals surface area contributed by atoms with Gasteiger partial charge in [0.2, 0.25) is 11.8 Å². The Bertz CT molecular complexity index is 1240. The minimum atomic E-state index is -0.431. The molecule has 0 radical (unpaired) electrons. The first-order valence-corrected chi connectivity index (χ1v) is 13.0. The van der Waals surface area contributed by atoms with Crippen LogP contribution in [0.2, 0.25) is 0 Å². The summed E-state index contributed by atoms with van der Waals surface area (Å²) in [6.07, 6.45) is 4.64. The molecular formula is C28H36N4O6. The highest BCUT2D eigenvalue weighted by molar-refractivity contribution is 5.88. The van der Waals surface area contributed by atoms with Crippen LogP contribution in [0.4, 0.5) is 0 Å². The van der Waals surface area contributed by atoms with E-state index in [0.717, 1.165) is 38.8 Å². The first-order chi connectivity index (χ1) is 18.4. The second-order valence-corrected chi connectivity index (χ2v) is 9.79. The van der Waals surface area contributed by atoms with Gasteiger partial charge in [0.05, 0.1) is 37.5 Å². The van der Waals surface area contributed by atoms with E-state index in [1.54, 1.807) is 18.2 Å². The van der Waals surface area contributed by atoms with Crippen LogP contribution < -0.4 is 9.47 Å². The molecule has 1 aliphatic rings. The number of carbonyl (C=O) groups excluding carboxylic acids is 1. The van der Waals surface area contributed by atoms with Gasteiger partial charge in [0.15, 0.2) is 0 Å². The van der Waals surface area contributed by atoms with E-state index in [0.29, 0.717) is 47.1 Å². The summed E-state index contributed by atoms with van der Waals surface area (Å²) in [5.41, 5.74) is 1.25. The topological polar surface area (TPSA) is 131 Å². The molecule has 0 bridgehead atoms. The molecule has 1 aliphatic heterocycles. The second-order valence-electron chi connectivity index (χ2n) is 9.79. The molecule has 0 aliphatic carbocycles. The largest absolute Gasteiger partial charge is 0.506 e. The molecule has 38 heavy (non-hydrogen) atoms. The SMILES string of the molecule is CCCCc1nc(O)c(-c2nnc(CC(=O)CC3CCN(C)CC3)o2)c(O)c1-c1c(OC)cccc1OC. The quantitative estimate of drug-likeness (QED) is 0.372. The Morgan fingerprint density at radius 1 is 1.08 bits per heavy atom. The molecule has 10 heteroatoms. The number of aromatic nitrogens is 3. The van der Waals surface area contributed by atoms with Crippen LogP contribution in [0.1, 0.15) is 50.6 Å². The number of rotatable bonds is 11. The summed E-state index contributed by atoms with van der Waals surface area (Å²) < 4.78 is 16.9. The summed E-state index contributed by atoms with van der Waals surface area (Å²) in [5, 5.41) is 30.4. The third kappa shape index (κ3) is 5.91. The summed E-state index contributed by atoms with van der Waals surface area (Å²) in [6, 6.07) is 5.30. The van der Waals surface area contributed by atoms with Crippen molar-refractivity contribution in [2.45, 2.75) is 51.9 Å². The smallest absolute Gasteiger partial charge is 0.257 e. The fraction of sp³-hybridized carbons (Fsp3) is 0.500. The van der Waals surface area contributed by atoms with Crippen molar-refractivity contribution in [3.05, 3.63) is 29.8 Å². The molecule has 2 N–H and O–H groups in total. The summed E-state index contributed by atoms with van der Waals surface area (Å²) in [4.78, 5) is 19.4. The third-order valence-electron chi connectivity index (χ3n) is 7.06. The van der Waals surface area contributed by atoms with Crippen molar-refractivity contribution in [3.8, 4) is 45.7 Å². The maximum atomic E-state index is 12.7. The standard InChI is InChI=1S/C28H36N4O6/c1-5-6-8-19-23(24-20(36-3)9-7-10-21(24)37-4)26(34)25(27(35)29-19)28-31-30-22(38-28)16-18(33)15-17-11-13-32(2)14-12-17/h7,9-10,17H,5-6,8,11-16H2,1-4H3,(H2,29,34,35). The van der Waals surface area contributed by atoms with Gasteiger partial charge in [-0.2, -0.15) is 0 Å². The van der Waals surface area contributed by atoms with Crippen LogP contribution in [0.3, 0.4) is 0 Å². The van der Waals surface area contributed by atoms with Crippen molar-refractivity contribution in [2.75, 3.05) is 34.4 Å². The zero-order valence-electron chi connectivity index (χ0n) is 22.5. The normalized spacial score (nSPS) is 14.5. The lowest BCUT2D eigenvalue weighted by molar-refractivity contribution is -0.119. The zero-order chi connectivity index (χ0) is 27.2. The lowest BCUT2D eigenvalue weighted by atomic mass is 9.91. The predicted molar refractivity (Wildman–Crippen MR) is 142 cm³/mol. The molecule has 1 aromatic carbocycles. The number of hydrogen-bond donors (Lipinski definition) is 2. The number of aryl methyl sites for hydroxylation is 1. The van der Waals surface area contributed by atoms with E-state index in [-0.39, 0.29) is 35.3 Å². The van der Waals surface area contributed by atoms with Gasteiger partial charge in [0.25, 0.3) is 5.89 Å². The highest BCUT2D eigenvalue weighted by atomic mass is 16.5. The van der Waals surface area contributed by atoms with Gasteiger partial charge in [-0.1, -0.05) is 19.4 Å². The van der Waals surface area contributed by atoms with E-state index < -0.39 is 5.88 Å². The molecule has 3 aromatic rings. The zero-order valence-corrected chi connectivity index (χ0v) is 22.5. The van der Waals surface area contributed by atoms with Crippen molar-refractivity contribution in [1.82, 2.24) is 20.1 Å². The summed E-state index contributed by atoms with van der Waals surface area (Å²) >= 11 is 0. The second kappa shape index (κ2) is 12.3. The maximum Gasteiger partial charge on any atom is 0.257 e. The molecule has 2 aromatic heterocycles. The van der Waals surface area contributed by atoms with E-state index in [9.17, 15) is 15.0 Å². The minimum Gasteiger partial charge on any atom is -0.506 e. The highest BCUT2D eigenvalue weighted by Crippen LogP contribution is 2.49. The number of likely N-dealkylation sites (tertiary alicyclic amines) is 1. The Kier molecular flexibility index (Phi) is 8.83. The number of nitrogens with zero attached hydrogens (tertiary/aromatic N) is 4. The number of piperidine rings is 1. The molecule has 1 saturated heterocycles. The first kappa shape index (κ1) is 27.4. The molecule has 0 atom stereocenters. The lowest BCUT2D eigenvalue weighted by Gasteiger charge is -2.28. The molecule has 204 valence electrons. The summed E-state index contributed by atoms with van der Waals surface area (Å²) in [6.45, 7) is 4.02. The lowest BCUT2D eigenvalue weighted by Crippen LogP contribution is -2.31. The monoisotopic (exact) mass is 524 g/mol. The van der Waals surface area contributed by atoms with Crippen LogP contribution in [-0.2, 0) is 17.6 Å². The molecule has 0 saturated carbocycles. The Morgan fingerprint density at radius 3 is 2.39 bits per heavy atom. The van der Waals surface area contributed by atoms with Crippen LogP contribution >= 0.6 is 0 Å². The van der Waals surface area contributed by atoms with Gasteiger partial charge in [-0.05, 0) is 63.9 Å². The van der Waals surface area contributed by atoms with Gasteiger partial charge in [-0.15, -0.1) is 10.2 Å². The molecule has 4 rings (SSSR count). The van der Waals surface area contributed by atoms with E-state index in [1.165, 1.54) is 14.2 Å². The number of benzene rings is 1. The van der Waals surface area contributed by atoms with E-state index >= 15 is 0 Å². The number of ketones is 1.